The van der Waals surface area contributed by atoms with Crippen LogP contribution in [0.1, 0.15) is 48.1 Å². The second-order valence-corrected chi connectivity index (χ2v) is 7.62. The lowest BCUT2D eigenvalue weighted by molar-refractivity contribution is 0.0565. The van der Waals surface area contributed by atoms with Crippen LogP contribution in [0.4, 0.5) is 0 Å². The fraction of sp³-hybridized carbons (Fsp3) is 0.348. The van der Waals surface area contributed by atoms with Crippen LogP contribution in [-0.2, 0) is 6.61 Å². The first-order chi connectivity index (χ1) is 13.2. The standard InChI is InChI=1S/C23H25NO3/c1-16-7-9-22(23(26)11-16)24-13-18(14-25)20-12-19(8-10-21(20)24)27-15-17-5-3-2-4-6-17/h2-6,8,10,12-14,16,22-23,26H,7,9,11,15H2,1H3/t16-,22-,23-/m1/s1. The van der Waals surface area contributed by atoms with E-state index in [0.29, 0.717) is 18.1 Å². The highest BCUT2D eigenvalue weighted by Gasteiger charge is 2.29. The first-order valence-corrected chi connectivity index (χ1v) is 9.60. The summed E-state index contributed by atoms with van der Waals surface area (Å²) in [6.45, 7) is 2.67. The molecule has 4 rings (SSSR count). The van der Waals surface area contributed by atoms with Gasteiger partial charge in [0.1, 0.15) is 12.4 Å². The number of benzene rings is 2. The Morgan fingerprint density at radius 1 is 1.19 bits per heavy atom. The van der Waals surface area contributed by atoms with Gasteiger partial charge < -0.3 is 14.4 Å². The van der Waals surface area contributed by atoms with E-state index in [0.717, 1.165) is 47.8 Å². The summed E-state index contributed by atoms with van der Waals surface area (Å²) in [4.78, 5) is 11.6. The molecule has 0 saturated heterocycles. The maximum absolute atomic E-state index is 11.6. The molecule has 3 aromatic rings. The van der Waals surface area contributed by atoms with Crippen LogP contribution < -0.4 is 4.74 Å². The van der Waals surface area contributed by atoms with Crippen LogP contribution in [0.5, 0.6) is 5.75 Å². The van der Waals surface area contributed by atoms with Crippen molar-refractivity contribution in [2.75, 3.05) is 0 Å². The van der Waals surface area contributed by atoms with Gasteiger partial charge in [-0.15, -0.1) is 0 Å². The Labute approximate surface area is 159 Å². The first kappa shape index (κ1) is 17.8. The molecule has 1 aromatic heterocycles. The first-order valence-electron chi connectivity index (χ1n) is 9.60. The smallest absolute Gasteiger partial charge is 0.152 e. The predicted molar refractivity (Wildman–Crippen MR) is 106 cm³/mol. The lowest BCUT2D eigenvalue weighted by Gasteiger charge is -2.33. The quantitative estimate of drug-likeness (QED) is 0.665. The van der Waals surface area contributed by atoms with Gasteiger partial charge in [-0.2, -0.15) is 0 Å². The third-order valence-corrected chi connectivity index (χ3v) is 5.61. The molecule has 1 aliphatic carbocycles. The number of carbonyl (C=O) groups excluding carboxylic acids is 1. The van der Waals surface area contributed by atoms with Crippen LogP contribution >= 0.6 is 0 Å². The molecule has 0 radical (unpaired) electrons. The summed E-state index contributed by atoms with van der Waals surface area (Å²) in [5.41, 5.74) is 2.72. The van der Waals surface area contributed by atoms with Crippen LogP contribution in [0.3, 0.4) is 0 Å². The van der Waals surface area contributed by atoms with Crippen molar-refractivity contribution in [3.8, 4) is 5.75 Å². The Morgan fingerprint density at radius 3 is 2.74 bits per heavy atom. The van der Waals surface area contributed by atoms with Gasteiger partial charge in [0, 0.05) is 22.7 Å². The molecule has 1 fully saturated rings. The van der Waals surface area contributed by atoms with Crippen LogP contribution in [0.15, 0.2) is 54.7 Å². The van der Waals surface area contributed by atoms with Crippen LogP contribution in [0.2, 0.25) is 0 Å². The van der Waals surface area contributed by atoms with Gasteiger partial charge in [-0.1, -0.05) is 37.3 Å². The number of aliphatic hydroxyl groups is 1. The molecule has 27 heavy (non-hydrogen) atoms. The minimum absolute atomic E-state index is 0.0217. The van der Waals surface area contributed by atoms with Gasteiger partial charge in [-0.25, -0.2) is 0 Å². The number of rotatable bonds is 5. The van der Waals surface area contributed by atoms with Crippen LogP contribution in [0, 0.1) is 5.92 Å². The molecule has 0 amide bonds. The fourth-order valence-electron chi connectivity index (χ4n) is 4.12. The zero-order valence-corrected chi connectivity index (χ0v) is 15.5. The molecule has 1 heterocycles. The van der Waals surface area contributed by atoms with Crippen LogP contribution in [0.25, 0.3) is 10.9 Å². The Hall–Kier alpha value is -2.59. The monoisotopic (exact) mass is 363 g/mol. The van der Waals surface area contributed by atoms with Gasteiger partial charge in [0.15, 0.2) is 6.29 Å². The molecule has 4 nitrogen and oxygen atoms in total. The number of aromatic nitrogens is 1. The lowest BCUT2D eigenvalue weighted by atomic mass is 9.85. The Balaban J connectivity index is 1.63. The predicted octanol–water partition coefficient (Wildman–Crippen LogP) is 4.75. The molecule has 0 spiro atoms. The van der Waals surface area contributed by atoms with Gasteiger partial charge in [0.2, 0.25) is 0 Å². The normalized spacial score (nSPS) is 22.7. The van der Waals surface area contributed by atoms with Gasteiger partial charge in [0.05, 0.1) is 12.1 Å². The SMILES string of the molecule is C[C@@H]1CC[C@@H](n2cc(C=O)c3cc(OCc4ccccc4)ccc32)[C@H](O)C1. The summed E-state index contributed by atoms with van der Waals surface area (Å²) >= 11 is 0. The van der Waals surface area contributed by atoms with Gasteiger partial charge in [-0.3, -0.25) is 4.79 Å². The maximum atomic E-state index is 11.6. The molecule has 0 bridgehead atoms. The average molecular weight is 363 g/mol. The minimum Gasteiger partial charge on any atom is -0.489 e. The number of hydrogen-bond acceptors (Lipinski definition) is 3. The molecule has 3 atom stereocenters. The molecule has 1 aliphatic rings. The Bertz CT molecular complexity index is 931. The van der Waals surface area contributed by atoms with E-state index in [4.69, 9.17) is 4.74 Å². The van der Waals surface area contributed by atoms with Gasteiger partial charge in [-0.05, 0) is 48.9 Å². The zero-order chi connectivity index (χ0) is 18.8. The summed E-state index contributed by atoms with van der Waals surface area (Å²) in [5, 5.41) is 11.4. The molecule has 140 valence electrons. The second kappa shape index (κ2) is 7.57. The molecule has 0 aliphatic heterocycles. The van der Waals surface area contributed by atoms with E-state index in [1.807, 2.05) is 54.7 Å². The summed E-state index contributed by atoms with van der Waals surface area (Å²) in [7, 11) is 0. The number of nitrogens with zero attached hydrogens (tertiary/aromatic N) is 1. The minimum atomic E-state index is -0.377. The molecule has 2 aromatic carbocycles. The number of hydrogen-bond donors (Lipinski definition) is 1. The maximum Gasteiger partial charge on any atom is 0.152 e. The molecule has 1 saturated carbocycles. The van der Waals surface area contributed by atoms with Gasteiger partial charge in [0.25, 0.3) is 0 Å². The molecule has 1 N–H and O–H groups in total. The third kappa shape index (κ3) is 3.62. The molecular weight excluding hydrogens is 338 g/mol. The van der Waals surface area contributed by atoms with Gasteiger partial charge >= 0.3 is 0 Å². The van der Waals surface area contributed by atoms with Crippen molar-refractivity contribution in [3.63, 3.8) is 0 Å². The van der Waals surface area contributed by atoms with E-state index in [2.05, 4.69) is 11.5 Å². The average Bonchev–Trinajstić information content (AvgIpc) is 3.05. The largest absolute Gasteiger partial charge is 0.489 e. The van der Waals surface area contributed by atoms with Crippen molar-refractivity contribution >= 4 is 17.2 Å². The highest BCUT2D eigenvalue weighted by Crippen LogP contribution is 2.36. The number of fused-ring (bicyclic) bond motifs is 1. The van der Waals surface area contributed by atoms with E-state index >= 15 is 0 Å². The highest BCUT2D eigenvalue weighted by atomic mass is 16.5. The second-order valence-electron chi connectivity index (χ2n) is 7.62. The van der Waals surface area contributed by atoms with Crippen molar-refractivity contribution in [2.24, 2.45) is 5.92 Å². The van der Waals surface area contributed by atoms with E-state index in [-0.39, 0.29) is 12.1 Å². The van der Waals surface area contributed by atoms with E-state index in [9.17, 15) is 9.90 Å². The molecular formula is C23H25NO3. The summed E-state index contributed by atoms with van der Waals surface area (Å²) in [5.74, 6) is 1.28. The van der Waals surface area contributed by atoms with E-state index < -0.39 is 0 Å². The van der Waals surface area contributed by atoms with Crippen molar-refractivity contribution in [1.29, 1.82) is 0 Å². The summed E-state index contributed by atoms with van der Waals surface area (Å²) in [6.07, 6.45) is 5.21. The number of carbonyl (C=O) groups is 1. The molecule has 4 heteroatoms. The van der Waals surface area contributed by atoms with E-state index in [1.165, 1.54) is 0 Å². The zero-order valence-electron chi connectivity index (χ0n) is 15.5. The number of ether oxygens (including phenoxy) is 1. The van der Waals surface area contributed by atoms with Crippen molar-refractivity contribution in [3.05, 3.63) is 65.9 Å². The highest BCUT2D eigenvalue weighted by molar-refractivity contribution is 5.98. The van der Waals surface area contributed by atoms with E-state index in [1.54, 1.807) is 0 Å². The van der Waals surface area contributed by atoms with Crippen LogP contribution in [-0.4, -0.2) is 22.1 Å². The Kier molecular flexibility index (Phi) is 4.99. The molecule has 0 unspecified atom stereocenters. The number of aliphatic hydroxyl groups excluding tert-OH is 1. The Morgan fingerprint density at radius 2 is 2.00 bits per heavy atom. The summed E-state index contributed by atoms with van der Waals surface area (Å²) < 4.78 is 7.99. The van der Waals surface area contributed by atoms with Crippen molar-refractivity contribution < 1.29 is 14.6 Å². The van der Waals surface area contributed by atoms with Crippen molar-refractivity contribution in [2.45, 2.75) is 44.9 Å². The lowest BCUT2D eigenvalue weighted by Crippen LogP contribution is -2.30. The summed E-state index contributed by atoms with van der Waals surface area (Å²) in [6, 6.07) is 15.9. The van der Waals surface area contributed by atoms with Crippen molar-refractivity contribution in [1.82, 2.24) is 4.57 Å². The topological polar surface area (TPSA) is 51.5 Å². The fourth-order valence-corrected chi connectivity index (χ4v) is 4.12. The number of aldehydes is 1. The third-order valence-electron chi connectivity index (χ3n) is 5.61.